The van der Waals surface area contributed by atoms with Gasteiger partial charge in [0.15, 0.2) is 0 Å². The van der Waals surface area contributed by atoms with Crippen LogP contribution in [0, 0.1) is 5.82 Å². The van der Waals surface area contributed by atoms with Crippen molar-refractivity contribution >= 4 is 23.1 Å². The number of halogens is 1. The van der Waals surface area contributed by atoms with E-state index in [0.717, 1.165) is 13.1 Å². The lowest BCUT2D eigenvalue weighted by Crippen LogP contribution is -2.43. The number of ether oxygens (including phenoxy) is 2. The van der Waals surface area contributed by atoms with Crippen LogP contribution in [0.2, 0.25) is 0 Å². The molecule has 2 aromatic carbocycles. The van der Waals surface area contributed by atoms with E-state index in [0.29, 0.717) is 43.4 Å². The van der Waals surface area contributed by atoms with Crippen LogP contribution in [0.5, 0.6) is 5.75 Å². The molecule has 0 atom stereocenters. The lowest BCUT2D eigenvalue weighted by atomic mass is 10.0. The zero-order valence-electron chi connectivity index (χ0n) is 18.0. The van der Waals surface area contributed by atoms with Crippen molar-refractivity contribution in [1.29, 1.82) is 0 Å². The van der Waals surface area contributed by atoms with E-state index in [4.69, 9.17) is 9.47 Å². The van der Waals surface area contributed by atoms with Crippen molar-refractivity contribution in [1.82, 2.24) is 9.80 Å². The molecule has 0 aromatic heterocycles. The van der Waals surface area contributed by atoms with Crippen molar-refractivity contribution in [2.24, 2.45) is 0 Å². The molecule has 4 rings (SSSR count). The van der Waals surface area contributed by atoms with E-state index in [2.05, 4.69) is 10.2 Å². The quantitative estimate of drug-likeness (QED) is 0.638. The summed E-state index contributed by atoms with van der Waals surface area (Å²) in [5.74, 6) is -0.542. The average Bonchev–Trinajstić information content (AvgIpc) is 3.03. The molecule has 2 aliphatic heterocycles. The second-order valence-corrected chi connectivity index (χ2v) is 7.56. The van der Waals surface area contributed by atoms with Crippen LogP contribution >= 0.6 is 0 Å². The van der Waals surface area contributed by atoms with Crippen LogP contribution in [-0.4, -0.2) is 67.6 Å². The summed E-state index contributed by atoms with van der Waals surface area (Å²) in [6.07, 6.45) is 0. The standard InChI is InChI=1S/C24H26FN3O4/c1-2-32-20-8-6-17(7-9-20)21-22(26-19-5-3-4-18(25)16-19)24(30)28(23(21)29)11-10-27-12-14-31-15-13-27/h3-9,16,26H,2,10-15H2,1H3. The van der Waals surface area contributed by atoms with E-state index < -0.39 is 11.7 Å². The lowest BCUT2D eigenvalue weighted by Gasteiger charge is -2.28. The summed E-state index contributed by atoms with van der Waals surface area (Å²) >= 11 is 0. The van der Waals surface area contributed by atoms with Crippen LogP contribution in [0.25, 0.3) is 5.57 Å². The minimum Gasteiger partial charge on any atom is -0.494 e. The van der Waals surface area contributed by atoms with Gasteiger partial charge in [0.2, 0.25) is 0 Å². The van der Waals surface area contributed by atoms with Crippen molar-refractivity contribution in [3.05, 3.63) is 65.6 Å². The number of rotatable bonds is 8. The molecule has 1 N–H and O–H groups in total. The van der Waals surface area contributed by atoms with Gasteiger partial charge in [-0.25, -0.2) is 4.39 Å². The summed E-state index contributed by atoms with van der Waals surface area (Å²) in [5.41, 5.74) is 1.41. The summed E-state index contributed by atoms with van der Waals surface area (Å²) in [5, 5.41) is 2.98. The fourth-order valence-corrected chi connectivity index (χ4v) is 3.82. The van der Waals surface area contributed by atoms with Gasteiger partial charge in [-0.15, -0.1) is 0 Å². The summed E-state index contributed by atoms with van der Waals surface area (Å²) in [6, 6.07) is 12.8. The SMILES string of the molecule is CCOc1ccc(C2=C(Nc3cccc(F)c3)C(=O)N(CCN3CCOCC3)C2=O)cc1. The van der Waals surface area contributed by atoms with Gasteiger partial charge in [-0.3, -0.25) is 19.4 Å². The average molecular weight is 439 g/mol. The highest BCUT2D eigenvalue weighted by Crippen LogP contribution is 2.31. The number of hydrogen-bond acceptors (Lipinski definition) is 6. The van der Waals surface area contributed by atoms with Gasteiger partial charge in [0.05, 0.1) is 25.4 Å². The number of hydrogen-bond donors (Lipinski definition) is 1. The number of carbonyl (C=O) groups is 2. The third kappa shape index (κ3) is 4.81. The van der Waals surface area contributed by atoms with E-state index in [-0.39, 0.29) is 23.7 Å². The molecule has 2 heterocycles. The smallest absolute Gasteiger partial charge is 0.278 e. The normalized spacial score (nSPS) is 17.2. The first kappa shape index (κ1) is 22.0. The molecule has 1 fully saturated rings. The minimum absolute atomic E-state index is 0.145. The molecule has 2 aliphatic rings. The summed E-state index contributed by atoms with van der Waals surface area (Å²) in [6.45, 7) is 6.09. The van der Waals surface area contributed by atoms with Gasteiger partial charge in [-0.1, -0.05) is 18.2 Å². The summed E-state index contributed by atoms with van der Waals surface area (Å²) in [4.78, 5) is 30.0. The van der Waals surface area contributed by atoms with Crippen molar-refractivity contribution in [3.63, 3.8) is 0 Å². The molecule has 0 spiro atoms. The maximum absolute atomic E-state index is 13.7. The number of nitrogens with zero attached hydrogens (tertiary/aromatic N) is 2. The molecule has 0 bridgehead atoms. The molecule has 0 unspecified atom stereocenters. The maximum Gasteiger partial charge on any atom is 0.278 e. The monoisotopic (exact) mass is 439 g/mol. The Morgan fingerprint density at radius 1 is 1.03 bits per heavy atom. The van der Waals surface area contributed by atoms with Crippen LogP contribution in [0.15, 0.2) is 54.2 Å². The van der Waals surface area contributed by atoms with Crippen LogP contribution in [0.4, 0.5) is 10.1 Å². The topological polar surface area (TPSA) is 71.1 Å². The molecule has 7 nitrogen and oxygen atoms in total. The zero-order valence-corrected chi connectivity index (χ0v) is 18.0. The van der Waals surface area contributed by atoms with Gasteiger partial charge >= 0.3 is 0 Å². The number of benzene rings is 2. The highest BCUT2D eigenvalue weighted by Gasteiger charge is 2.39. The van der Waals surface area contributed by atoms with Gasteiger partial charge in [0.25, 0.3) is 11.8 Å². The number of nitrogens with one attached hydrogen (secondary N) is 1. The van der Waals surface area contributed by atoms with Crippen LogP contribution in [-0.2, 0) is 14.3 Å². The Morgan fingerprint density at radius 3 is 2.47 bits per heavy atom. The van der Waals surface area contributed by atoms with Crippen LogP contribution < -0.4 is 10.1 Å². The Balaban J connectivity index is 1.62. The van der Waals surface area contributed by atoms with Crippen molar-refractivity contribution in [2.45, 2.75) is 6.92 Å². The first-order valence-electron chi connectivity index (χ1n) is 10.7. The van der Waals surface area contributed by atoms with Crippen molar-refractivity contribution in [2.75, 3.05) is 51.3 Å². The second-order valence-electron chi connectivity index (χ2n) is 7.56. The number of imide groups is 1. The van der Waals surface area contributed by atoms with Crippen molar-refractivity contribution < 1.29 is 23.5 Å². The highest BCUT2D eigenvalue weighted by atomic mass is 19.1. The number of carbonyl (C=O) groups excluding carboxylic acids is 2. The molecule has 8 heteroatoms. The minimum atomic E-state index is -0.431. The third-order valence-electron chi connectivity index (χ3n) is 5.46. The van der Waals surface area contributed by atoms with Gasteiger partial charge in [-0.2, -0.15) is 0 Å². The molecular weight excluding hydrogens is 413 g/mol. The Labute approximate surface area is 186 Å². The fraction of sp³-hybridized carbons (Fsp3) is 0.333. The maximum atomic E-state index is 13.7. The number of anilines is 1. The molecule has 1 saturated heterocycles. The van der Waals surface area contributed by atoms with E-state index in [1.54, 1.807) is 36.4 Å². The van der Waals surface area contributed by atoms with Gasteiger partial charge in [0, 0.05) is 31.9 Å². The molecule has 0 radical (unpaired) electrons. The van der Waals surface area contributed by atoms with Crippen LogP contribution in [0.3, 0.4) is 0 Å². The largest absolute Gasteiger partial charge is 0.494 e. The van der Waals surface area contributed by atoms with E-state index in [1.165, 1.54) is 17.0 Å². The lowest BCUT2D eigenvalue weighted by molar-refractivity contribution is -0.137. The van der Waals surface area contributed by atoms with Gasteiger partial charge in [0.1, 0.15) is 17.3 Å². The molecule has 32 heavy (non-hydrogen) atoms. The van der Waals surface area contributed by atoms with Crippen molar-refractivity contribution in [3.8, 4) is 5.75 Å². The Bertz CT molecular complexity index is 1020. The molecular formula is C24H26FN3O4. The predicted molar refractivity (Wildman–Crippen MR) is 119 cm³/mol. The summed E-state index contributed by atoms with van der Waals surface area (Å²) in [7, 11) is 0. The summed E-state index contributed by atoms with van der Waals surface area (Å²) < 4.78 is 24.6. The Kier molecular flexibility index (Phi) is 6.82. The second kappa shape index (κ2) is 9.93. The van der Waals surface area contributed by atoms with Gasteiger partial charge < -0.3 is 14.8 Å². The Hall–Kier alpha value is -3.23. The molecule has 2 aromatic rings. The number of amides is 2. The first-order valence-corrected chi connectivity index (χ1v) is 10.7. The molecule has 2 amide bonds. The Morgan fingerprint density at radius 2 is 1.78 bits per heavy atom. The fourth-order valence-electron chi connectivity index (χ4n) is 3.82. The van der Waals surface area contributed by atoms with Gasteiger partial charge in [-0.05, 0) is 42.8 Å². The number of morpholine rings is 1. The van der Waals surface area contributed by atoms with E-state index in [9.17, 15) is 14.0 Å². The first-order chi connectivity index (χ1) is 15.6. The van der Waals surface area contributed by atoms with Crippen LogP contribution in [0.1, 0.15) is 12.5 Å². The molecule has 0 saturated carbocycles. The zero-order chi connectivity index (χ0) is 22.5. The molecule has 168 valence electrons. The highest BCUT2D eigenvalue weighted by molar-refractivity contribution is 6.36. The van der Waals surface area contributed by atoms with E-state index >= 15 is 0 Å². The predicted octanol–water partition coefficient (Wildman–Crippen LogP) is 2.75. The van der Waals surface area contributed by atoms with E-state index in [1.807, 2.05) is 6.92 Å². The third-order valence-corrected chi connectivity index (χ3v) is 5.46. The molecule has 0 aliphatic carbocycles.